The molecule has 1 amide bonds. The zero-order chi connectivity index (χ0) is 13.8. The van der Waals surface area contributed by atoms with Gasteiger partial charge in [0, 0.05) is 6.54 Å². The summed E-state index contributed by atoms with van der Waals surface area (Å²) >= 11 is 0. The van der Waals surface area contributed by atoms with Gasteiger partial charge >= 0.3 is 5.97 Å². The molecule has 0 bridgehead atoms. The summed E-state index contributed by atoms with van der Waals surface area (Å²) in [6.45, 7) is 1.63. The monoisotopic (exact) mass is 276 g/mol. The summed E-state index contributed by atoms with van der Waals surface area (Å²) in [7, 11) is -4.03. The van der Waals surface area contributed by atoms with Crippen molar-refractivity contribution in [3.8, 4) is 0 Å². The Hall–Kier alpha value is -1.87. The number of amides is 1. The largest absolute Gasteiger partial charge is 0.475 e. The summed E-state index contributed by atoms with van der Waals surface area (Å²) in [5.41, 5.74) is 0. The minimum atomic E-state index is -4.03. The predicted octanol–water partition coefficient (Wildman–Crippen LogP) is -0.608. The molecule has 0 aliphatic rings. The van der Waals surface area contributed by atoms with E-state index in [4.69, 9.17) is 5.11 Å². The third-order valence-electron chi connectivity index (χ3n) is 1.85. The van der Waals surface area contributed by atoms with Crippen LogP contribution in [-0.4, -0.2) is 38.5 Å². The SMILES string of the molecule is CCNC(=O)CNS(=O)(=O)c1ccc(C(=O)O)o1. The number of rotatable bonds is 6. The van der Waals surface area contributed by atoms with Crippen molar-refractivity contribution in [2.24, 2.45) is 0 Å². The van der Waals surface area contributed by atoms with Crippen LogP contribution in [0.4, 0.5) is 0 Å². The molecule has 0 saturated carbocycles. The third kappa shape index (κ3) is 3.57. The number of likely N-dealkylation sites (N-methyl/N-ethyl adjacent to an activating group) is 1. The minimum absolute atomic E-state index is 0.379. The second-order valence-electron chi connectivity index (χ2n) is 3.20. The van der Waals surface area contributed by atoms with Crippen LogP contribution in [0.2, 0.25) is 0 Å². The molecule has 1 heterocycles. The number of hydrogen-bond donors (Lipinski definition) is 3. The molecule has 18 heavy (non-hydrogen) atoms. The van der Waals surface area contributed by atoms with Gasteiger partial charge < -0.3 is 14.8 Å². The molecule has 0 unspecified atom stereocenters. The number of aromatic carboxylic acids is 1. The van der Waals surface area contributed by atoms with E-state index in [2.05, 4.69) is 9.73 Å². The van der Waals surface area contributed by atoms with Crippen LogP contribution >= 0.6 is 0 Å². The standard InChI is InChI=1S/C9H12N2O6S/c1-2-10-7(12)5-11-18(15,16)8-4-3-6(17-8)9(13)14/h3-4,11H,2,5H2,1H3,(H,10,12)(H,13,14). The Morgan fingerprint density at radius 2 is 2.06 bits per heavy atom. The molecule has 1 rings (SSSR count). The van der Waals surface area contributed by atoms with E-state index in [-0.39, 0.29) is 0 Å². The molecule has 0 aliphatic carbocycles. The summed E-state index contributed by atoms with van der Waals surface area (Å²) in [6.07, 6.45) is 0. The lowest BCUT2D eigenvalue weighted by atomic mass is 10.5. The topological polar surface area (TPSA) is 126 Å². The van der Waals surface area contributed by atoms with Crippen molar-refractivity contribution in [2.45, 2.75) is 12.0 Å². The van der Waals surface area contributed by atoms with Gasteiger partial charge in [0.05, 0.1) is 6.54 Å². The van der Waals surface area contributed by atoms with Crippen molar-refractivity contribution >= 4 is 21.9 Å². The van der Waals surface area contributed by atoms with Gasteiger partial charge in [-0.2, -0.15) is 4.72 Å². The first-order valence-electron chi connectivity index (χ1n) is 4.96. The highest BCUT2D eigenvalue weighted by Gasteiger charge is 2.21. The number of nitrogens with one attached hydrogen (secondary N) is 2. The average molecular weight is 276 g/mol. The van der Waals surface area contributed by atoms with Crippen molar-refractivity contribution in [1.29, 1.82) is 0 Å². The van der Waals surface area contributed by atoms with Crippen LogP contribution in [0.3, 0.4) is 0 Å². The number of carboxylic acids is 1. The Morgan fingerprint density at radius 1 is 1.39 bits per heavy atom. The Morgan fingerprint density at radius 3 is 2.56 bits per heavy atom. The van der Waals surface area contributed by atoms with Gasteiger partial charge in [-0.15, -0.1) is 0 Å². The smallest absolute Gasteiger partial charge is 0.371 e. The number of carbonyl (C=O) groups is 2. The highest BCUT2D eigenvalue weighted by molar-refractivity contribution is 7.89. The number of carboxylic acid groups (broad SMARTS) is 1. The molecule has 1 aromatic rings. The van der Waals surface area contributed by atoms with E-state index in [1.165, 1.54) is 0 Å². The van der Waals surface area contributed by atoms with Crippen LogP contribution in [-0.2, 0) is 14.8 Å². The Bertz CT molecular complexity index is 547. The highest BCUT2D eigenvalue weighted by Crippen LogP contribution is 2.13. The predicted molar refractivity (Wildman–Crippen MR) is 59.5 cm³/mol. The quantitative estimate of drug-likeness (QED) is 0.636. The maximum Gasteiger partial charge on any atom is 0.371 e. The van der Waals surface area contributed by atoms with E-state index < -0.39 is 39.3 Å². The van der Waals surface area contributed by atoms with E-state index in [0.717, 1.165) is 12.1 Å². The lowest BCUT2D eigenvalue weighted by molar-refractivity contribution is -0.119. The fourth-order valence-corrected chi connectivity index (χ4v) is 1.98. The molecule has 0 radical (unpaired) electrons. The van der Waals surface area contributed by atoms with Crippen LogP contribution in [0.5, 0.6) is 0 Å². The normalized spacial score (nSPS) is 11.2. The molecule has 0 aromatic carbocycles. The Kier molecular flexibility index (Phi) is 4.45. The fraction of sp³-hybridized carbons (Fsp3) is 0.333. The second-order valence-corrected chi connectivity index (χ2v) is 4.90. The molecule has 0 spiro atoms. The van der Waals surface area contributed by atoms with E-state index >= 15 is 0 Å². The average Bonchev–Trinajstić information content (AvgIpc) is 2.77. The van der Waals surface area contributed by atoms with Crippen LogP contribution in [0.25, 0.3) is 0 Å². The van der Waals surface area contributed by atoms with Crippen LogP contribution in [0.15, 0.2) is 21.6 Å². The molecule has 0 saturated heterocycles. The molecule has 0 aliphatic heterocycles. The van der Waals surface area contributed by atoms with Crippen LogP contribution < -0.4 is 10.0 Å². The summed E-state index contributed by atoms with van der Waals surface area (Å²) in [5, 5.41) is 10.4. The number of furan rings is 1. The van der Waals surface area contributed by atoms with Crippen LogP contribution in [0.1, 0.15) is 17.5 Å². The van der Waals surface area contributed by atoms with Crippen molar-refractivity contribution < 1.29 is 27.5 Å². The summed E-state index contributed by atoms with van der Waals surface area (Å²) in [4.78, 5) is 21.6. The Balaban J connectivity index is 2.74. The lowest BCUT2D eigenvalue weighted by Gasteiger charge is -2.03. The second kappa shape index (κ2) is 5.65. The minimum Gasteiger partial charge on any atom is -0.475 e. The van der Waals surface area contributed by atoms with Gasteiger partial charge in [0.2, 0.25) is 16.8 Å². The van der Waals surface area contributed by atoms with Gasteiger partial charge in [0.15, 0.2) is 0 Å². The molecule has 3 N–H and O–H groups in total. The zero-order valence-electron chi connectivity index (χ0n) is 9.47. The van der Waals surface area contributed by atoms with Crippen LogP contribution in [0, 0.1) is 0 Å². The molecule has 1 aromatic heterocycles. The molecule has 9 heteroatoms. The van der Waals surface area contributed by atoms with Gasteiger partial charge in [-0.05, 0) is 19.1 Å². The zero-order valence-corrected chi connectivity index (χ0v) is 10.3. The highest BCUT2D eigenvalue weighted by atomic mass is 32.2. The summed E-state index contributed by atoms with van der Waals surface area (Å²) in [5.74, 6) is -2.36. The van der Waals surface area contributed by atoms with Crippen molar-refractivity contribution in [3.63, 3.8) is 0 Å². The first kappa shape index (κ1) is 14.2. The molecule has 8 nitrogen and oxygen atoms in total. The maximum absolute atomic E-state index is 11.6. The Labute approximate surface area is 103 Å². The summed E-state index contributed by atoms with van der Waals surface area (Å²) < 4.78 is 29.8. The van der Waals surface area contributed by atoms with Gasteiger partial charge in [-0.3, -0.25) is 4.79 Å². The van der Waals surface area contributed by atoms with Gasteiger partial charge in [-0.1, -0.05) is 0 Å². The molecule has 0 fully saturated rings. The van der Waals surface area contributed by atoms with Gasteiger partial charge in [0.25, 0.3) is 10.0 Å². The van der Waals surface area contributed by atoms with Crippen molar-refractivity contribution in [3.05, 3.63) is 17.9 Å². The van der Waals surface area contributed by atoms with Crippen molar-refractivity contribution in [2.75, 3.05) is 13.1 Å². The van der Waals surface area contributed by atoms with E-state index in [1.54, 1.807) is 6.92 Å². The van der Waals surface area contributed by atoms with Crippen molar-refractivity contribution in [1.82, 2.24) is 10.0 Å². The first-order valence-corrected chi connectivity index (χ1v) is 6.44. The van der Waals surface area contributed by atoms with E-state index in [1.807, 2.05) is 4.72 Å². The summed E-state index contributed by atoms with van der Waals surface area (Å²) in [6, 6.07) is 2.02. The number of sulfonamides is 1. The molecular formula is C9H12N2O6S. The van der Waals surface area contributed by atoms with E-state index in [9.17, 15) is 18.0 Å². The lowest BCUT2D eigenvalue weighted by Crippen LogP contribution is -2.36. The van der Waals surface area contributed by atoms with Gasteiger partial charge in [-0.25, -0.2) is 13.2 Å². The molecular weight excluding hydrogens is 264 g/mol. The fourth-order valence-electron chi connectivity index (χ4n) is 1.07. The first-order chi connectivity index (χ1) is 8.36. The molecule has 100 valence electrons. The third-order valence-corrected chi connectivity index (χ3v) is 3.13. The van der Waals surface area contributed by atoms with E-state index in [0.29, 0.717) is 6.54 Å². The number of hydrogen-bond acceptors (Lipinski definition) is 5. The molecule has 0 atom stereocenters. The van der Waals surface area contributed by atoms with Gasteiger partial charge in [0.1, 0.15) is 0 Å². The maximum atomic E-state index is 11.6. The number of carbonyl (C=O) groups excluding carboxylic acids is 1.